The standard InChI is InChI=1S/C41H80O8/c1-5-9-13-17-21-25-33-44-40(45-34-26-22-18-14-10-6-2)31-29-38(42)48-37-49-39(43)30-32-41(46-35-27-23-19-15-11-7-3)47-36-28-24-20-16-12-8-4/h40-41H,5-37H2,1-4H3. The number of esters is 2. The Morgan fingerprint density at radius 3 is 0.878 bits per heavy atom. The molecule has 0 bridgehead atoms. The summed E-state index contributed by atoms with van der Waals surface area (Å²) in [6, 6.07) is 0. The zero-order valence-electron chi connectivity index (χ0n) is 32.8. The van der Waals surface area contributed by atoms with Crippen LogP contribution in [-0.4, -0.2) is 57.7 Å². The summed E-state index contributed by atoms with van der Waals surface area (Å²) in [4.78, 5) is 24.9. The van der Waals surface area contributed by atoms with E-state index in [9.17, 15) is 9.59 Å². The molecule has 0 saturated heterocycles. The third-order valence-electron chi connectivity index (χ3n) is 8.81. The number of carbonyl (C=O) groups is 2. The van der Waals surface area contributed by atoms with Crippen molar-refractivity contribution in [2.24, 2.45) is 0 Å². The minimum atomic E-state index is -0.425. The van der Waals surface area contributed by atoms with Crippen molar-refractivity contribution in [2.75, 3.05) is 33.2 Å². The highest BCUT2D eigenvalue weighted by Gasteiger charge is 2.16. The summed E-state index contributed by atoms with van der Waals surface area (Å²) in [5.41, 5.74) is 0. The Hall–Kier alpha value is -1.22. The minimum Gasteiger partial charge on any atom is -0.428 e. The molecule has 0 aliphatic heterocycles. The van der Waals surface area contributed by atoms with Crippen molar-refractivity contribution in [1.29, 1.82) is 0 Å². The molecule has 0 aliphatic carbocycles. The molecule has 0 aliphatic rings. The van der Waals surface area contributed by atoms with Crippen LogP contribution < -0.4 is 0 Å². The third-order valence-corrected chi connectivity index (χ3v) is 8.81. The molecule has 0 aromatic rings. The second-order valence-electron chi connectivity index (χ2n) is 13.6. The number of rotatable bonds is 40. The maximum atomic E-state index is 12.4. The largest absolute Gasteiger partial charge is 0.428 e. The van der Waals surface area contributed by atoms with Gasteiger partial charge in [-0.3, -0.25) is 9.59 Å². The lowest BCUT2D eigenvalue weighted by Gasteiger charge is -2.19. The van der Waals surface area contributed by atoms with Gasteiger partial charge in [-0.25, -0.2) is 0 Å². The number of carbonyl (C=O) groups excluding carboxylic acids is 2. The average Bonchev–Trinajstić information content (AvgIpc) is 3.10. The Labute approximate surface area is 302 Å². The highest BCUT2D eigenvalue weighted by atomic mass is 16.7. The highest BCUT2D eigenvalue weighted by Crippen LogP contribution is 2.14. The molecule has 292 valence electrons. The van der Waals surface area contributed by atoms with Crippen molar-refractivity contribution in [3.8, 4) is 0 Å². The van der Waals surface area contributed by atoms with Crippen molar-refractivity contribution in [3.63, 3.8) is 0 Å². The summed E-state index contributed by atoms with van der Waals surface area (Å²) in [6.45, 7) is 11.0. The topological polar surface area (TPSA) is 89.5 Å². The van der Waals surface area contributed by atoms with Gasteiger partial charge in [-0.05, 0) is 25.7 Å². The first-order valence-corrected chi connectivity index (χ1v) is 20.8. The molecule has 8 nitrogen and oxygen atoms in total. The maximum Gasteiger partial charge on any atom is 0.308 e. The van der Waals surface area contributed by atoms with Gasteiger partial charge in [0.1, 0.15) is 0 Å². The molecule has 49 heavy (non-hydrogen) atoms. The molecular weight excluding hydrogens is 620 g/mol. The van der Waals surface area contributed by atoms with Crippen molar-refractivity contribution < 1.29 is 38.0 Å². The van der Waals surface area contributed by atoms with Gasteiger partial charge in [-0.15, -0.1) is 0 Å². The molecule has 0 fully saturated rings. The van der Waals surface area contributed by atoms with Crippen LogP contribution >= 0.6 is 0 Å². The first-order chi connectivity index (χ1) is 24.1. The van der Waals surface area contributed by atoms with E-state index in [1.807, 2.05) is 0 Å². The number of hydrogen-bond acceptors (Lipinski definition) is 8. The van der Waals surface area contributed by atoms with Gasteiger partial charge in [0.15, 0.2) is 12.6 Å². The van der Waals surface area contributed by atoms with Gasteiger partial charge in [0, 0.05) is 39.3 Å². The smallest absolute Gasteiger partial charge is 0.308 e. The maximum absolute atomic E-state index is 12.4. The van der Waals surface area contributed by atoms with Gasteiger partial charge in [0.2, 0.25) is 6.79 Å². The van der Waals surface area contributed by atoms with E-state index >= 15 is 0 Å². The second kappa shape index (κ2) is 39.6. The van der Waals surface area contributed by atoms with E-state index in [1.165, 1.54) is 103 Å². The van der Waals surface area contributed by atoms with E-state index in [0.717, 1.165) is 51.4 Å². The first-order valence-electron chi connectivity index (χ1n) is 20.8. The van der Waals surface area contributed by atoms with Crippen LogP contribution in [0, 0.1) is 0 Å². The summed E-state index contributed by atoms with van der Waals surface area (Å²) < 4.78 is 34.5. The summed E-state index contributed by atoms with van der Waals surface area (Å²) in [5, 5.41) is 0. The number of hydrogen-bond donors (Lipinski definition) is 0. The van der Waals surface area contributed by atoms with Crippen molar-refractivity contribution in [2.45, 2.75) is 220 Å². The van der Waals surface area contributed by atoms with Crippen LogP contribution in [0.25, 0.3) is 0 Å². The molecule has 0 aromatic heterocycles. The molecule has 0 spiro atoms. The fourth-order valence-electron chi connectivity index (χ4n) is 5.59. The van der Waals surface area contributed by atoms with Crippen LogP contribution in [0.15, 0.2) is 0 Å². The molecule has 0 rings (SSSR count). The summed E-state index contributed by atoms with van der Waals surface area (Å²) in [5.74, 6) is -0.849. The number of ether oxygens (including phenoxy) is 6. The van der Waals surface area contributed by atoms with Crippen molar-refractivity contribution in [1.82, 2.24) is 0 Å². The van der Waals surface area contributed by atoms with Gasteiger partial charge < -0.3 is 28.4 Å². The average molecular weight is 701 g/mol. The monoisotopic (exact) mass is 701 g/mol. The molecule has 0 heterocycles. The predicted molar refractivity (Wildman–Crippen MR) is 200 cm³/mol. The van der Waals surface area contributed by atoms with Gasteiger partial charge >= 0.3 is 11.9 Å². The molecule has 0 aromatic carbocycles. The highest BCUT2D eigenvalue weighted by molar-refractivity contribution is 5.71. The molecule has 0 unspecified atom stereocenters. The molecule has 0 saturated carbocycles. The van der Waals surface area contributed by atoms with E-state index in [0.29, 0.717) is 39.3 Å². The van der Waals surface area contributed by atoms with Crippen LogP contribution in [0.5, 0.6) is 0 Å². The van der Waals surface area contributed by atoms with Gasteiger partial charge in [-0.1, -0.05) is 156 Å². The van der Waals surface area contributed by atoms with E-state index < -0.39 is 24.5 Å². The molecule has 0 radical (unpaired) electrons. The Morgan fingerprint density at radius 2 is 0.612 bits per heavy atom. The SMILES string of the molecule is CCCCCCCCOC(CCC(=O)OCOC(=O)CCC(OCCCCCCCC)OCCCCCCCC)OCCCCCCCC. The van der Waals surface area contributed by atoms with Gasteiger partial charge in [0.25, 0.3) is 0 Å². The van der Waals surface area contributed by atoms with Crippen LogP contribution in [0.1, 0.15) is 207 Å². The summed E-state index contributed by atoms with van der Waals surface area (Å²) in [7, 11) is 0. The zero-order valence-corrected chi connectivity index (χ0v) is 32.8. The number of unbranched alkanes of at least 4 members (excludes halogenated alkanes) is 20. The lowest BCUT2D eigenvalue weighted by atomic mass is 10.1. The Balaban J connectivity index is 4.45. The van der Waals surface area contributed by atoms with Crippen LogP contribution in [0.2, 0.25) is 0 Å². The van der Waals surface area contributed by atoms with E-state index in [1.54, 1.807) is 0 Å². The van der Waals surface area contributed by atoms with E-state index in [-0.39, 0.29) is 19.6 Å². The van der Waals surface area contributed by atoms with Gasteiger partial charge in [0.05, 0.1) is 12.8 Å². The van der Waals surface area contributed by atoms with Crippen molar-refractivity contribution in [3.05, 3.63) is 0 Å². The molecule has 8 heteroatoms. The first kappa shape index (κ1) is 47.8. The predicted octanol–water partition coefficient (Wildman–Crippen LogP) is 11.8. The minimum absolute atomic E-state index is 0.149. The molecule has 0 N–H and O–H groups in total. The Bertz CT molecular complexity index is 596. The zero-order chi connectivity index (χ0) is 35.9. The van der Waals surface area contributed by atoms with Gasteiger partial charge in [-0.2, -0.15) is 0 Å². The van der Waals surface area contributed by atoms with Crippen LogP contribution in [0.3, 0.4) is 0 Å². The summed E-state index contributed by atoms with van der Waals surface area (Å²) >= 11 is 0. The molecule has 0 atom stereocenters. The fraction of sp³-hybridized carbons (Fsp3) is 0.951. The fourth-order valence-corrected chi connectivity index (χ4v) is 5.59. The Morgan fingerprint density at radius 1 is 0.367 bits per heavy atom. The molecular formula is C41H80O8. The lowest BCUT2D eigenvalue weighted by Crippen LogP contribution is -2.22. The van der Waals surface area contributed by atoms with Crippen molar-refractivity contribution >= 4 is 11.9 Å². The van der Waals surface area contributed by atoms with Crippen LogP contribution in [-0.2, 0) is 38.0 Å². The molecule has 0 amide bonds. The second-order valence-corrected chi connectivity index (χ2v) is 13.6. The van der Waals surface area contributed by atoms with E-state index in [4.69, 9.17) is 28.4 Å². The van der Waals surface area contributed by atoms with E-state index in [2.05, 4.69) is 27.7 Å². The normalized spacial score (nSPS) is 11.6. The van der Waals surface area contributed by atoms with Crippen LogP contribution in [0.4, 0.5) is 0 Å². The Kier molecular flexibility index (Phi) is 38.6. The third kappa shape index (κ3) is 36.4. The lowest BCUT2D eigenvalue weighted by molar-refractivity contribution is -0.175. The quantitative estimate of drug-likeness (QED) is 0.0354. The summed E-state index contributed by atoms with van der Waals surface area (Å²) in [6.07, 6.45) is 28.9.